The minimum absolute atomic E-state index is 0.0576. The Morgan fingerprint density at radius 1 is 0.577 bits per heavy atom. The maximum atomic E-state index is 13.6. The Morgan fingerprint density at radius 2 is 1.10 bits per heavy atom. The molecule has 4 saturated heterocycles. The number of carbonyl (C=O) groups is 7. The number of likely N-dealkylation sites (N-methyl/N-ethyl adjacent to an activating group) is 1. The Bertz CT molecular complexity index is 1370. The van der Waals surface area contributed by atoms with Crippen LogP contribution in [0.1, 0.15) is 70.6 Å². The first-order valence-electron chi connectivity index (χ1n) is 18.7. The molecule has 0 bridgehead atoms. The molecule has 4 heterocycles. The van der Waals surface area contributed by atoms with Gasteiger partial charge in [0.15, 0.2) is 25.4 Å². The molecule has 18 nitrogen and oxygen atoms in total. The first kappa shape index (κ1) is 40.9. The van der Waals surface area contributed by atoms with Crippen LogP contribution in [0.2, 0.25) is 0 Å². The maximum Gasteiger partial charge on any atom is 0.482 e. The second kappa shape index (κ2) is 16.9. The second-order valence-electron chi connectivity index (χ2n) is 15.6. The first-order chi connectivity index (χ1) is 24.6. The number of carbonyl (C=O) groups excluding carboxylic acids is 3. The number of hydrogen-bond acceptors (Lipinski definition) is 7. The second-order valence-corrected chi connectivity index (χ2v) is 15.6. The van der Waals surface area contributed by atoms with E-state index in [-0.39, 0.29) is 50.6 Å². The van der Waals surface area contributed by atoms with Gasteiger partial charge < -0.3 is 36.4 Å². The van der Waals surface area contributed by atoms with Gasteiger partial charge in [0.05, 0.1) is 7.05 Å². The average Bonchev–Trinajstić information content (AvgIpc) is 3.68. The number of carboxylic acids is 4. The molecule has 4 aliphatic rings. The summed E-state index contributed by atoms with van der Waals surface area (Å²) in [5, 5.41) is 45.7. The van der Waals surface area contributed by atoms with Crippen molar-refractivity contribution in [3.8, 4) is 0 Å². The molecule has 52 heavy (non-hydrogen) atoms. The SMILES string of the molecule is C[N+]12CC[N+]3(CC(=O)O)CC[N+]4(CC(=O)O)CC[N+](CC(=O)CCCCCCC(=O)NCCCC[C@H](NC(=O)NCCCC(=O)O)C(=O)O)(CC1)[C@]234. The highest BCUT2D eigenvalue weighted by molar-refractivity contribution is 5.82. The third kappa shape index (κ3) is 8.19. The van der Waals surface area contributed by atoms with E-state index in [1.54, 1.807) is 0 Å². The van der Waals surface area contributed by atoms with E-state index in [2.05, 4.69) is 23.0 Å². The molecule has 4 rings (SSSR count). The fraction of sp³-hybridized carbons (Fsp3) is 0.794. The summed E-state index contributed by atoms with van der Waals surface area (Å²) in [7, 11) is 2.15. The van der Waals surface area contributed by atoms with Crippen molar-refractivity contribution in [3.05, 3.63) is 0 Å². The van der Waals surface area contributed by atoms with Gasteiger partial charge in [0.1, 0.15) is 58.4 Å². The molecule has 6 atom stereocenters. The normalized spacial score (nSPS) is 30.2. The third-order valence-electron chi connectivity index (χ3n) is 12.3. The molecule has 0 radical (unpaired) electrons. The van der Waals surface area contributed by atoms with E-state index in [0.29, 0.717) is 102 Å². The summed E-state index contributed by atoms with van der Waals surface area (Å²) in [6.45, 7) is 6.17. The highest BCUT2D eigenvalue weighted by Gasteiger charge is 2.98. The zero-order valence-corrected chi connectivity index (χ0v) is 30.5. The molecule has 292 valence electrons. The lowest BCUT2D eigenvalue weighted by atomic mass is 10.1. The lowest BCUT2D eigenvalue weighted by Crippen LogP contribution is -2.85. The molecule has 4 aliphatic heterocycles. The Labute approximate surface area is 304 Å². The number of nitrogens with zero attached hydrogens (tertiary/aromatic N) is 4. The van der Waals surface area contributed by atoms with Gasteiger partial charge in [0, 0.05) is 32.4 Å². The van der Waals surface area contributed by atoms with Gasteiger partial charge in [-0.15, -0.1) is 8.97 Å². The van der Waals surface area contributed by atoms with Crippen molar-refractivity contribution in [3.63, 3.8) is 0 Å². The molecule has 1 spiro atoms. The van der Waals surface area contributed by atoms with Crippen molar-refractivity contribution in [1.29, 1.82) is 0 Å². The maximum absolute atomic E-state index is 13.6. The van der Waals surface area contributed by atoms with Crippen LogP contribution in [0.5, 0.6) is 0 Å². The Morgan fingerprint density at radius 3 is 1.63 bits per heavy atom. The number of urea groups is 1. The van der Waals surface area contributed by atoms with Gasteiger partial charge in [-0.1, -0.05) is 12.8 Å². The van der Waals surface area contributed by atoms with Gasteiger partial charge in [0.25, 0.3) is 0 Å². The molecule has 0 aromatic carbocycles. The molecule has 4 unspecified atom stereocenters. The monoisotopic (exact) mass is 741 g/mol. The quantitative estimate of drug-likeness (QED) is 0.0494. The van der Waals surface area contributed by atoms with Crippen molar-refractivity contribution < 1.29 is 71.9 Å². The van der Waals surface area contributed by atoms with E-state index in [9.17, 15) is 48.9 Å². The summed E-state index contributed by atoms with van der Waals surface area (Å²) in [6.07, 6.45) is 4.94. The topological polar surface area (TPSA) is 236 Å². The lowest BCUT2D eigenvalue weighted by molar-refractivity contribution is -1.36. The number of rotatable bonds is 24. The number of carboxylic acid groups (broad SMARTS) is 4. The Hall–Kier alpha value is -3.87. The zero-order valence-electron chi connectivity index (χ0n) is 30.5. The number of nitrogens with one attached hydrogen (secondary N) is 3. The molecule has 0 saturated carbocycles. The summed E-state index contributed by atoms with van der Waals surface area (Å²) in [5.41, 5.74) is 0. The molecular formula is C34H59N7O11+4. The average molecular weight is 742 g/mol. The van der Waals surface area contributed by atoms with Crippen molar-refractivity contribution in [2.75, 3.05) is 92.1 Å². The summed E-state index contributed by atoms with van der Waals surface area (Å²) in [4.78, 5) is 84.4. The number of Topliss-reactive ketones (excluding diaryl/α,β-unsaturated/α-hetero) is 1. The summed E-state index contributed by atoms with van der Waals surface area (Å²) in [6, 6.07) is -1.78. The standard InChI is InChI=1S/C34H55N7O11/c1-38-15-17-39(19-20-41(25-31(48)49)22-21-40(18-16-38,24-30(46)47)34(38,39)41)23-26(42)9-4-2-3-5-11-28(43)35-13-7-6-10-27(32(50)51)37-33(52)36-14-8-12-29(44)45/h27H,2-25H2,1H3,(H3-4,35,36,37,43,44,45,46,47,48,49,50,51,52)/p+4/t27-,34+,38?,39?,40?,41?/m0/s1. The predicted octanol–water partition coefficient (Wildman–Crippen LogP) is -0.468. The van der Waals surface area contributed by atoms with Crippen LogP contribution in [0.3, 0.4) is 0 Å². The van der Waals surface area contributed by atoms with Crippen LogP contribution >= 0.6 is 0 Å². The number of aliphatic carboxylic acids is 4. The number of quaternary nitrogens is 4. The van der Waals surface area contributed by atoms with Crippen LogP contribution < -0.4 is 16.0 Å². The molecule has 3 amide bonds. The van der Waals surface area contributed by atoms with Gasteiger partial charge in [-0.3, -0.25) is 14.4 Å². The minimum atomic E-state index is -1.18. The summed E-state index contributed by atoms with van der Waals surface area (Å²) in [5.74, 6) is -4.61. The van der Waals surface area contributed by atoms with Gasteiger partial charge in [-0.25, -0.2) is 19.2 Å². The molecule has 0 aromatic rings. The van der Waals surface area contributed by atoms with E-state index < -0.39 is 41.9 Å². The Balaban J connectivity index is 1.15. The molecule has 4 fully saturated rings. The zero-order chi connectivity index (χ0) is 38.2. The largest absolute Gasteiger partial charge is 0.482 e. The molecule has 0 aliphatic carbocycles. The number of amides is 3. The minimum Gasteiger partial charge on any atom is -0.481 e. The van der Waals surface area contributed by atoms with Crippen LogP contribution in [0, 0.1) is 0 Å². The fourth-order valence-corrected chi connectivity index (χ4v) is 10.5. The molecule has 7 N–H and O–H groups in total. The summed E-state index contributed by atoms with van der Waals surface area (Å²) < 4.78 is 1.78. The van der Waals surface area contributed by atoms with Crippen LogP contribution in [0.15, 0.2) is 0 Å². The van der Waals surface area contributed by atoms with Gasteiger partial charge in [-0.05, 0) is 38.5 Å². The smallest absolute Gasteiger partial charge is 0.481 e. The first-order valence-corrected chi connectivity index (χ1v) is 18.7. The van der Waals surface area contributed by atoms with E-state index in [1.807, 2.05) is 0 Å². The van der Waals surface area contributed by atoms with Crippen LogP contribution in [-0.4, -0.2) is 184 Å². The van der Waals surface area contributed by atoms with Crippen LogP contribution in [0.4, 0.5) is 4.79 Å². The Kier molecular flexibility index (Phi) is 13.3. The fourth-order valence-electron chi connectivity index (χ4n) is 10.5. The highest BCUT2D eigenvalue weighted by Crippen LogP contribution is 2.61. The van der Waals surface area contributed by atoms with E-state index in [4.69, 9.17) is 5.11 Å². The van der Waals surface area contributed by atoms with Crippen molar-refractivity contribution in [2.24, 2.45) is 0 Å². The van der Waals surface area contributed by atoms with Crippen LogP contribution in [0.25, 0.3) is 0 Å². The van der Waals surface area contributed by atoms with E-state index in [0.717, 1.165) is 32.5 Å². The summed E-state index contributed by atoms with van der Waals surface area (Å²) >= 11 is 0. The number of ketones is 1. The molecular weight excluding hydrogens is 682 g/mol. The molecule has 0 aromatic heterocycles. The van der Waals surface area contributed by atoms with Crippen molar-refractivity contribution >= 4 is 41.6 Å². The van der Waals surface area contributed by atoms with Crippen molar-refractivity contribution in [1.82, 2.24) is 16.0 Å². The third-order valence-corrected chi connectivity index (χ3v) is 12.3. The van der Waals surface area contributed by atoms with E-state index in [1.165, 1.54) is 0 Å². The number of unbranched alkanes of at least 4 members (excludes halogenated alkanes) is 4. The van der Waals surface area contributed by atoms with E-state index >= 15 is 0 Å². The van der Waals surface area contributed by atoms with Crippen molar-refractivity contribution in [2.45, 2.75) is 82.6 Å². The van der Waals surface area contributed by atoms with Gasteiger partial charge in [0.2, 0.25) is 5.91 Å². The molecule has 18 heteroatoms. The van der Waals surface area contributed by atoms with Gasteiger partial charge in [-0.2, -0.15) is 8.97 Å². The number of hydrogen-bond donors (Lipinski definition) is 7. The highest BCUT2D eigenvalue weighted by atomic mass is 16.4. The van der Waals surface area contributed by atoms with Gasteiger partial charge >= 0.3 is 35.8 Å². The lowest BCUT2D eigenvalue weighted by Gasteiger charge is -2.49. The predicted molar refractivity (Wildman–Crippen MR) is 183 cm³/mol. The van der Waals surface area contributed by atoms with Crippen LogP contribution in [-0.2, 0) is 28.8 Å².